The minimum Gasteiger partial charge on any atom is -0.496 e. The molecule has 1 N–H and O–H groups in total. The topological polar surface area (TPSA) is 137 Å². The van der Waals surface area contributed by atoms with E-state index in [-0.39, 0.29) is 16.3 Å². The standard InChI is InChI=1S/C22H18BrN3O7S/c1-14-3-9-18(12-20(14)26(28)29)34(30,31)33-17-7-4-15(5-8-17)13-24-25-22(27)19-11-16(23)6-10-21(19)32-2/h3-13H,1-2H3,(H,25,27)/b24-13-. The average molecular weight is 548 g/mol. The summed E-state index contributed by atoms with van der Waals surface area (Å²) in [6, 6.07) is 14.3. The number of nitro benzene ring substituents is 1. The molecule has 3 aromatic rings. The Hall–Kier alpha value is -3.77. The number of hydrogen-bond donors (Lipinski definition) is 1. The van der Waals surface area contributed by atoms with Gasteiger partial charge in [0.15, 0.2) is 0 Å². The Kier molecular flexibility index (Phi) is 7.64. The van der Waals surface area contributed by atoms with Gasteiger partial charge in [0.05, 0.1) is 23.8 Å². The van der Waals surface area contributed by atoms with E-state index in [0.29, 0.717) is 26.9 Å². The van der Waals surface area contributed by atoms with Gasteiger partial charge in [-0.3, -0.25) is 14.9 Å². The Bertz CT molecular complexity index is 1370. The third kappa shape index (κ3) is 5.97. The molecule has 34 heavy (non-hydrogen) atoms. The molecule has 0 saturated carbocycles. The van der Waals surface area contributed by atoms with Crippen molar-refractivity contribution in [3.8, 4) is 11.5 Å². The lowest BCUT2D eigenvalue weighted by Crippen LogP contribution is -2.18. The van der Waals surface area contributed by atoms with Crippen molar-refractivity contribution in [2.45, 2.75) is 11.8 Å². The van der Waals surface area contributed by atoms with Crippen LogP contribution in [0.15, 0.2) is 75.1 Å². The Morgan fingerprint density at radius 1 is 1.12 bits per heavy atom. The molecule has 12 heteroatoms. The molecule has 0 atom stereocenters. The first-order valence-corrected chi connectivity index (χ1v) is 11.8. The first-order valence-electron chi connectivity index (χ1n) is 9.57. The molecule has 0 radical (unpaired) electrons. The number of hydrogen-bond acceptors (Lipinski definition) is 8. The van der Waals surface area contributed by atoms with Gasteiger partial charge in [-0.15, -0.1) is 0 Å². The van der Waals surface area contributed by atoms with Crippen molar-refractivity contribution >= 4 is 43.9 Å². The van der Waals surface area contributed by atoms with E-state index in [1.54, 1.807) is 18.2 Å². The molecule has 0 aliphatic heterocycles. The average Bonchev–Trinajstić information content (AvgIpc) is 2.79. The quantitative estimate of drug-likeness (QED) is 0.193. The zero-order chi connectivity index (χ0) is 24.9. The second-order valence-corrected chi connectivity index (χ2v) is 9.32. The van der Waals surface area contributed by atoms with Crippen LogP contribution in [-0.2, 0) is 10.1 Å². The summed E-state index contributed by atoms with van der Waals surface area (Å²) in [5.74, 6) is -0.0894. The molecule has 0 saturated heterocycles. The van der Waals surface area contributed by atoms with Gasteiger partial charge in [-0.1, -0.05) is 22.0 Å². The number of hydrazone groups is 1. The SMILES string of the molecule is COc1ccc(Br)cc1C(=O)N/N=C\c1ccc(OS(=O)(=O)c2ccc(C)c([N+](=O)[O-])c2)cc1. The number of nitrogens with zero attached hydrogens (tertiary/aromatic N) is 2. The number of methoxy groups -OCH3 is 1. The van der Waals surface area contributed by atoms with Crippen molar-refractivity contribution in [2.24, 2.45) is 5.10 Å². The first-order chi connectivity index (χ1) is 16.1. The van der Waals surface area contributed by atoms with Crippen molar-refractivity contribution in [3.63, 3.8) is 0 Å². The molecular formula is C22H18BrN3O7S. The van der Waals surface area contributed by atoms with E-state index in [1.807, 2.05) is 0 Å². The minimum absolute atomic E-state index is 0.00304. The number of benzene rings is 3. The van der Waals surface area contributed by atoms with Gasteiger partial charge in [0.25, 0.3) is 11.6 Å². The molecule has 10 nitrogen and oxygen atoms in total. The van der Waals surface area contributed by atoms with Crippen molar-refractivity contribution in [1.82, 2.24) is 5.43 Å². The van der Waals surface area contributed by atoms with Crippen molar-refractivity contribution in [2.75, 3.05) is 7.11 Å². The van der Waals surface area contributed by atoms with Gasteiger partial charge < -0.3 is 8.92 Å². The van der Waals surface area contributed by atoms with Crippen LogP contribution in [-0.4, -0.2) is 32.6 Å². The van der Waals surface area contributed by atoms with Gasteiger partial charge in [-0.2, -0.15) is 13.5 Å². The van der Waals surface area contributed by atoms with Crippen LogP contribution in [0, 0.1) is 17.0 Å². The predicted octanol–water partition coefficient (Wildman–Crippen LogP) is 4.21. The summed E-state index contributed by atoms with van der Waals surface area (Å²) in [5, 5.41) is 15.0. The third-order valence-corrected chi connectivity index (χ3v) is 6.27. The number of halogens is 1. The van der Waals surface area contributed by atoms with Crippen LogP contribution in [0.2, 0.25) is 0 Å². The fourth-order valence-electron chi connectivity index (χ4n) is 2.81. The fraction of sp³-hybridized carbons (Fsp3) is 0.0909. The van der Waals surface area contributed by atoms with Crippen molar-refractivity contribution in [1.29, 1.82) is 0 Å². The molecule has 0 unspecified atom stereocenters. The first kappa shape index (κ1) is 24.9. The van der Waals surface area contributed by atoms with Gasteiger partial charge >= 0.3 is 10.1 Å². The Morgan fingerprint density at radius 3 is 2.47 bits per heavy atom. The summed E-state index contributed by atoms with van der Waals surface area (Å²) in [6.07, 6.45) is 1.37. The zero-order valence-corrected chi connectivity index (χ0v) is 20.3. The summed E-state index contributed by atoms with van der Waals surface area (Å²) >= 11 is 3.30. The second-order valence-electron chi connectivity index (χ2n) is 6.86. The molecule has 176 valence electrons. The maximum Gasteiger partial charge on any atom is 0.339 e. The van der Waals surface area contributed by atoms with Crippen LogP contribution >= 0.6 is 15.9 Å². The number of carbonyl (C=O) groups excluding carboxylic acids is 1. The molecule has 0 aliphatic rings. The minimum atomic E-state index is -4.28. The van der Waals surface area contributed by atoms with Crippen LogP contribution in [0.25, 0.3) is 0 Å². The van der Waals surface area contributed by atoms with E-state index in [1.165, 1.54) is 56.6 Å². The molecule has 3 aromatic carbocycles. The number of carbonyl (C=O) groups is 1. The Balaban J connectivity index is 1.68. The highest BCUT2D eigenvalue weighted by atomic mass is 79.9. The molecule has 3 rings (SSSR count). The molecule has 0 spiro atoms. The van der Waals surface area contributed by atoms with E-state index in [4.69, 9.17) is 8.92 Å². The van der Waals surface area contributed by atoms with Gasteiger partial charge in [-0.05, 0) is 61.0 Å². The fourth-order valence-corrected chi connectivity index (χ4v) is 4.12. The Labute approximate surface area is 203 Å². The summed E-state index contributed by atoms with van der Waals surface area (Å²) in [5.41, 5.74) is 3.25. The second kappa shape index (κ2) is 10.4. The van der Waals surface area contributed by atoms with Crippen LogP contribution in [0.4, 0.5) is 5.69 Å². The van der Waals surface area contributed by atoms with E-state index < -0.39 is 20.9 Å². The van der Waals surface area contributed by atoms with Crippen LogP contribution < -0.4 is 14.3 Å². The number of nitro groups is 1. The highest BCUT2D eigenvalue weighted by Gasteiger charge is 2.21. The lowest BCUT2D eigenvalue weighted by atomic mass is 10.2. The maximum absolute atomic E-state index is 12.5. The smallest absolute Gasteiger partial charge is 0.339 e. The largest absolute Gasteiger partial charge is 0.496 e. The summed E-state index contributed by atoms with van der Waals surface area (Å²) in [6.45, 7) is 1.51. The number of rotatable bonds is 8. The normalized spacial score (nSPS) is 11.3. The van der Waals surface area contributed by atoms with Gasteiger partial charge in [0.1, 0.15) is 16.4 Å². The van der Waals surface area contributed by atoms with E-state index in [9.17, 15) is 23.3 Å². The molecular weight excluding hydrogens is 530 g/mol. The molecule has 1 amide bonds. The number of aryl methyl sites for hydroxylation is 1. The maximum atomic E-state index is 12.5. The van der Waals surface area contributed by atoms with Gasteiger partial charge in [0.2, 0.25) is 0 Å². The third-order valence-electron chi connectivity index (χ3n) is 4.54. The molecule has 0 heterocycles. The van der Waals surface area contributed by atoms with Gasteiger partial charge in [-0.25, -0.2) is 5.43 Å². The number of nitrogens with one attached hydrogen (secondary N) is 1. The van der Waals surface area contributed by atoms with Crippen molar-refractivity contribution in [3.05, 3.63) is 91.9 Å². The van der Waals surface area contributed by atoms with Gasteiger partial charge in [0, 0.05) is 16.1 Å². The van der Waals surface area contributed by atoms with Crippen molar-refractivity contribution < 1.29 is 27.1 Å². The zero-order valence-electron chi connectivity index (χ0n) is 17.9. The lowest BCUT2D eigenvalue weighted by molar-refractivity contribution is -0.385. The summed E-state index contributed by atoms with van der Waals surface area (Å²) in [4.78, 5) is 22.4. The molecule has 0 fully saturated rings. The highest BCUT2D eigenvalue weighted by molar-refractivity contribution is 9.10. The predicted molar refractivity (Wildman–Crippen MR) is 128 cm³/mol. The lowest BCUT2D eigenvalue weighted by Gasteiger charge is -2.08. The Morgan fingerprint density at radius 2 is 1.82 bits per heavy atom. The van der Waals surface area contributed by atoms with Crippen LogP contribution in [0.1, 0.15) is 21.5 Å². The van der Waals surface area contributed by atoms with Crippen LogP contribution in [0.3, 0.4) is 0 Å². The number of ether oxygens (including phenoxy) is 1. The van der Waals surface area contributed by atoms with E-state index in [0.717, 1.165) is 6.07 Å². The summed E-state index contributed by atoms with van der Waals surface area (Å²) < 4.78 is 35.9. The van der Waals surface area contributed by atoms with E-state index in [2.05, 4.69) is 26.5 Å². The highest BCUT2D eigenvalue weighted by Crippen LogP contribution is 2.25. The molecule has 0 bridgehead atoms. The summed E-state index contributed by atoms with van der Waals surface area (Å²) in [7, 11) is -2.83. The molecule has 0 aromatic heterocycles. The monoisotopic (exact) mass is 547 g/mol. The molecule has 0 aliphatic carbocycles. The van der Waals surface area contributed by atoms with E-state index >= 15 is 0 Å². The van der Waals surface area contributed by atoms with Crippen LogP contribution in [0.5, 0.6) is 11.5 Å². The number of amides is 1.